The number of sulfone groups is 1. The lowest BCUT2D eigenvalue weighted by molar-refractivity contribution is 0.602. The molecule has 0 N–H and O–H groups in total. The third-order valence-electron chi connectivity index (χ3n) is 2.51. The third-order valence-corrected chi connectivity index (χ3v) is 4.38. The quantitative estimate of drug-likeness (QED) is 0.838. The molecule has 18 heavy (non-hydrogen) atoms. The van der Waals surface area contributed by atoms with E-state index in [1.54, 1.807) is 6.07 Å². The summed E-state index contributed by atoms with van der Waals surface area (Å²) in [5, 5.41) is 0.548. The molecule has 0 heterocycles. The normalized spacial score (nSPS) is 11.5. The number of rotatable bonds is 2. The van der Waals surface area contributed by atoms with Crippen LogP contribution >= 0.6 is 23.2 Å². The number of halogens is 2. The van der Waals surface area contributed by atoms with Gasteiger partial charge in [0.1, 0.15) is 0 Å². The summed E-state index contributed by atoms with van der Waals surface area (Å²) >= 11 is 12.1. The summed E-state index contributed by atoms with van der Waals surface area (Å²) in [5.41, 5.74) is 1.61. The van der Waals surface area contributed by atoms with Crippen molar-refractivity contribution in [1.29, 1.82) is 0 Å². The maximum Gasteiger partial charge on any atom is 0.177 e. The zero-order valence-corrected chi connectivity index (χ0v) is 11.9. The summed E-state index contributed by atoms with van der Waals surface area (Å²) in [4.78, 5) is 0.0499. The van der Waals surface area contributed by atoms with E-state index in [2.05, 4.69) is 0 Å². The topological polar surface area (TPSA) is 34.1 Å². The van der Waals surface area contributed by atoms with E-state index >= 15 is 0 Å². The molecule has 0 radical (unpaired) electrons. The fraction of sp³-hybridized carbons (Fsp3) is 0.0769. The zero-order valence-electron chi connectivity index (χ0n) is 9.52. The fourth-order valence-electron chi connectivity index (χ4n) is 1.65. The molecular weight excluding hydrogens is 291 g/mol. The van der Waals surface area contributed by atoms with Crippen LogP contribution in [-0.2, 0) is 9.84 Å². The van der Waals surface area contributed by atoms with Crippen LogP contribution in [0.25, 0.3) is 11.1 Å². The minimum atomic E-state index is -3.37. The van der Waals surface area contributed by atoms with Crippen LogP contribution < -0.4 is 0 Å². The lowest BCUT2D eigenvalue weighted by Gasteiger charge is -2.08. The van der Waals surface area contributed by atoms with Gasteiger partial charge in [-0.3, -0.25) is 0 Å². The van der Waals surface area contributed by atoms with Gasteiger partial charge in [0.05, 0.1) is 9.92 Å². The molecule has 0 aliphatic heterocycles. The van der Waals surface area contributed by atoms with Crippen molar-refractivity contribution in [3.63, 3.8) is 0 Å². The Kier molecular flexibility index (Phi) is 3.66. The SMILES string of the molecule is CS(=O)(=O)c1cc(Cl)c(-c2ccccc2)cc1Cl. The average molecular weight is 301 g/mol. The van der Waals surface area contributed by atoms with Crippen molar-refractivity contribution >= 4 is 33.0 Å². The number of hydrogen-bond donors (Lipinski definition) is 0. The first-order chi connectivity index (χ1) is 8.39. The second-order valence-electron chi connectivity index (χ2n) is 3.90. The maximum atomic E-state index is 11.5. The van der Waals surface area contributed by atoms with Crippen LogP contribution in [0.2, 0.25) is 10.0 Å². The van der Waals surface area contributed by atoms with Crippen LogP contribution in [0.15, 0.2) is 47.4 Å². The van der Waals surface area contributed by atoms with Crippen LogP contribution in [0.4, 0.5) is 0 Å². The van der Waals surface area contributed by atoms with Gasteiger partial charge in [0, 0.05) is 16.8 Å². The monoisotopic (exact) mass is 300 g/mol. The van der Waals surface area contributed by atoms with Gasteiger partial charge < -0.3 is 0 Å². The van der Waals surface area contributed by atoms with Crippen LogP contribution in [0, 0.1) is 0 Å². The molecule has 0 bridgehead atoms. The first kappa shape index (κ1) is 13.4. The Labute approximate surface area is 116 Å². The second-order valence-corrected chi connectivity index (χ2v) is 6.70. The van der Waals surface area contributed by atoms with E-state index in [1.807, 2.05) is 30.3 Å². The van der Waals surface area contributed by atoms with Gasteiger partial charge in [0.2, 0.25) is 0 Å². The van der Waals surface area contributed by atoms with Crippen molar-refractivity contribution in [3.8, 4) is 11.1 Å². The summed E-state index contributed by atoms with van der Waals surface area (Å²) in [7, 11) is -3.37. The van der Waals surface area contributed by atoms with Crippen molar-refractivity contribution in [2.45, 2.75) is 4.90 Å². The minimum Gasteiger partial charge on any atom is -0.224 e. The molecule has 0 amide bonds. The highest BCUT2D eigenvalue weighted by Crippen LogP contribution is 2.34. The van der Waals surface area contributed by atoms with Crippen molar-refractivity contribution in [3.05, 3.63) is 52.5 Å². The van der Waals surface area contributed by atoms with E-state index in [0.717, 1.165) is 17.4 Å². The first-order valence-corrected chi connectivity index (χ1v) is 7.79. The van der Waals surface area contributed by atoms with E-state index in [4.69, 9.17) is 23.2 Å². The molecule has 2 aromatic rings. The second kappa shape index (κ2) is 4.92. The van der Waals surface area contributed by atoms with E-state index in [1.165, 1.54) is 6.07 Å². The van der Waals surface area contributed by atoms with Gasteiger partial charge in [-0.25, -0.2) is 8.42 Å². The zero-order chi connectivity index (χ0) is 13.3. The first-order valence-electron chi connectivity index (χ1n) is 5.14. The van der Waals surface area contributed by atoms with Crippen LogP contribution in [0.1, 0.15) is 0 Å². The molecule has 2 nitrogen and oxygen atoms in total. The van der Waals surface area contributed by atoms with Gasteiger partial charge in [0.25, 0.3) is 0 Å². The molecule has 0 unspecified atom stereocenters. The molecule has 0 fully saturated rings. The molecular formula is C13H10Cl2O2S. The smallest absolute Gasteiger partial charge is 0.177 e. The Morgan fingerprint density at radius 3 is 2.11 bits per heavy atom. The molecule has 0 aliphatic rings. The molecule has 0 aliphatic carbocycles. The van der Waals surface area contributed by atoms with Crippen LogP contribution in [-0.4, -0.2) is 14.7 Å². The Bertz CT molecular complexity index is 680. The highest BCUT2D eigenvalue weighted by molar-refractivity contribution is 7.90. The average Bonchev–Trinajstić information content (AvgIpc) is 2.31. The molecule has 2 aromatic carbocycles. The molecule has 5 heteroatoms. The highest BCUT2D eigenvalue weighted by Gasteiger charge is 2.16. The van der Waals surface area contributed by atoms with Crippen LogP contribution in [0.5, 0.6) is 0 Å². The third kappa shape index (κ3) is 2.69. The van der Waals surface area contributed by atoms with Gasteiger partial charge in [0.15, 0.2) is 9.84 Å². The maximum absolute atomic E-state index is 11.5. The Morgan fingerprint density at radius 1 is 0.944 bits per heavy atom. The van der Waals surface area contributed by atoms with Gasteiger partial charge in [-0.15, -0.1) is 0 Å². The van der Waals surface area contributed by atoms with Gasteiger partial charge >= 0.3 is 0 Å². The Morgan fingerprint density at radius 2 is 1.56 bits per heavy atom. The van der Waals surface area contributed by atoms with E-state index in [0.29, 0.717) is 5.02 Å². The van der Waals surface area contributed by atoms with Gasteiger partial charge in [-0.1, -0.05) is 53.5 Å². The molecule has 0 saturated heterocycles. The molecule has 94 valence electrons. The van der Waals surface area contributed by atoms with E-state index in [9.17, 15) is 8.42 Å². The Balaban J connectivity index is 2.65. The van der Waals surface area contributed by atoms with E-state index in [-0.39, 0.29) is 9.92 Å². The summed E-state index contributed by atoms with van der Waals surface area (Å²) in [6, 6.07) is 12.4. The summed E-state index contributed by atoms with van der Waals surface area (Å²) in [5.74, 6) is 0. The molecule has 2 rings (SSSR count). The lowest BCUT2D eigenvalue weighted by atomic mass is 10.1. The highest BCUT2D eigenvalue weighted by atomic mass is 35.5. The van der Waals surface area contributed by atoms with Crippen molar-refractivity contribution < 1.29 is 8.42 Å². The molecule has 0 spiro atoms. The van der Waals surface area contributed by atoms with Crippen molar-refractivity contribution in [1.82, 2.24) is 0 Å². The predicted molar refractivity (Wildman–Crippen MR) is 75.0 cm³/mol. The van der Waals surface area contributed by atoms with Crippen molar-refractivity contribution in [2.75, 3.05) is 6.26 Å². The van der Waals surface area contributed by atoms with Gasteiger partial charge in [-0.2, -0.15) is 0 Å². The largest absolute Gasteiger partial charge is 0.224 e. The summed E-state index contributed by atoms with van der Waals surface area (Å²) < 4.78 is 23.0. The van der Waals surface area contributed by atoms with Gasteiger partial charge in [-0.05, 0) is 17.7 Å². The lowest BCUT2D eigenvalue weighted by Crippen LogP contribution is -1.98. The predicted octanol–water partition coefficient (Wildman–Crippen LogP) is 4.06. The molecule has 0 aromatic heterocycles. The van der Waals surface area contributed by atoms with Crippen molar-refractivity contribution in [2.24, 2.45) is 0 Å². The minimum absolute atomic E-state index is 0.0499. The van der Waals surface area contributed by atoms with E-state index < -0.39 is 9.84 Å². The summed E-state index contributed by atoms with van der Waals surface area (Å²) in [6.07, 6.45) is 1.10. The summed E-state index contributed by atoms with van der Waals surface area (Å²) in [6.45, 7) is 0. The standard InChI is InChI=1S/C13H10Cl2O2S/c1-18(16,17)13-8-11(14)10(7-12(13)15)9-5-3-2-4-6-9/h2-8H,1H3. The van der Waals surface area contributed by atoms with Crippen LogP contribution in [0.3, 0.4) is 0 Å². The number of hydrogen-bond acceptors (Lipinski definition) is 2. The Hall–Kier alpha value is -1.03. The molecule has 0 atom stereocenters. The fourth-order valence-corrected chi connectivity index (χ4v) is 3.32. The number of benzene rings is 2. The molecule has 0 saturated carbocycles.